The van der Waals surface area contributed by atoms with Crippen molar-refractivity contribution in [1.82, 2.24) is 0 Å². The van der Waals surface area contributed by atoms with Crippen molar-refractivity contribution >= 4 is 0 Å². The molecule has 0 radical (unpaired) electrons. The Kier molecular flexibility index (Phi) is 5.56. The van der Waals surface area contributed by atoms with Crippen LogP contribution in [0.25, 0.3) is 0 Å². The van der Waals surface area contributed by atoms with Crippen LogP contribution in [0.15, 0.2) is 17.9 Å². The molecule has 0 N–H and O–H groups in total. The lowest BCUT2D eigenvalue weighted by Gasteiger charge is -1.93. The normalized spacial score (nSPS) is 10.7. The van der Waals surface area contributed by atoms with Crippen molar-refractivity contribution in [2.75, 3.05) is 0 Å². The zero-order chi connectivity index (χ0) is 9.45. The van der Waals surface area contributed by atoms with Crippen molar-refractivity contribution < 1.29 is 13.2 Å². The van der Waals surface area contributed by atoms with E-state index in [4.69, 9.17) is 0 Å². The molecule has 0 aliphatic carbocycles. The molecule has 0 nitrogen and oxygen atoms in total. The summed E-state index contributed by atoms with van der Waals surface area (Å²) in [6.45, 7) is 2.05. The fourth-order valence-corrected chi connectivity index (χ4v) is 0.733. The second kappa shape index (κ2) is 5.90. The molecule has 0 aromatic rings. The molecule has 0 fully saturated rings. The predicted molar refractivity (Wildman–Crippen MR) is 42.9 cm³/mol. The van der Waals surface area contributed by atoms with Crippen molar-refractivity contribution in [1.29, 1.82) is 0 Å². The predicted octanol–water partition coefficient (Wildman–Crippen LogP) is 3.84. The molecule has 0 saturated heterocycles. The van der Waals surface area contributed by atoms with E-state index in [0.717, 1.165) is 19.3 Å². The number of rotatable bonds is 4. The maximum absolute atomic E-state index is 11.5. The van der Waals surface area contributed by atoms with E-state index in [1.54, 1.807) is 0 Å². The van der Waals surface area contributed by atoms with Gasteiger partial charge >= 0.3 is 6.18 Å². The molecule has 0 aliphatic heterocycles. The van der Waals surface area contributed by atoms with Crippen LogP contribution in [-0.2, 0) is 0 Å². The minimum Gasteiger partial charge on any atom is -0.166 e. The van der Waals surface area contributed by atoms with E-state index in [1.165, 1.54) is 6.08 Å². The summed E-state index contributed by atoms with van der Waals surface area (Å²) in [6.07, 6.45) is 1.11. The third-order valence-electron chi connectivity index (χ3n) is 1.32. The summed E-state index contributed by atoms with van der Waals surface area (Å²) in [5.74, 6) is 0. The molecule has 0 amide bonds. The SMILES string of the molecule is CCCCCC=C=CC(F)(F)F. The Hall–Kier alpha value is -0.690. The summed E-state index contributed by atoms with van der Waals surface area (Å²) in [7, 11) is 0. The third kappa shape index (κ3) is 9.31. The number of allylic oxidation sites excluding steroid dienone is 1. The Morgan fingerprint density at radius 1 is 1.25 bits per heavy atom. The van der Waals surface area contributed by atoms with Gasteiger partial charge in [0.05, 0.1) is 6.08 Å². The van der Waals surface area contributed by atoms with Gasteiger partial charge in [-0.2, -0.15) is 13.2 Å². The van der Waals surface area contributed by atoms with Gasteiger partial charge in [0.2, 0.25) is 0 Å². The Morgan fingerprint density at radius 2 is 1.92 bits per heavy atom. The van der Waals surface area contributed by atoms with Crippen LogP contribution >= 0.6 is 0 Å². The maximum Gasteiger partial charge on any atom is 0.416 e. The summed E-state index contributed by atoms with van der Waals surface area (Å²) in [5.41, 5.74) is 2.11. The fraction of sp³-hybridized carbons (Fsp3) is 0.667. The minimum absolute atomic E-state index is 0.138. The zero-order valence-electron chi connectivity index (χ0n) is 7.12. The van der Waals surface area contributed by atoms with Gasteiger partial charge < -0.3 is 0 Å². The average Bonchev–Trinajstić information content (AvgIpc) is 1.94. The number of alkyl halides is 3. The van der Waals surface area contributed by atoms with Crippen LogP contribution in [0.4, 0.5) is 13.2 Å². The van der Waals surface area contributed by atoms with Crippen molar-refractivity contribution in [2.45, 2.75) is 38.8 Å². The molecule has 70 valence electrons. The molecule has 0 saturated carbocycles. The molecular weight excluding hydrogens is 165 g/mol. The lowest BCUT2D eigenvalue weighted by atomic mass is 10.2. The largest absolute Gasteiger partial charge is 0.416 e. The molecular formula is C9H13F3. The van der Waals surface area contributed by atoms with E-state index in [-0.39, 0.29) is 6.08 Å². The van der Waals surface area contributed by atoms with Crippen LogP contribution in [0.5, 0.6) is 0 Å². The van der Waals surface area contributed by atoms with E-state index in [9.17, 15) is 13.2 Å². The topological polar surface area (TPSA) is 0 Å². The van der Waals surface area contributed by atoms with Crippen LogP contribution in [0.2, 0.25) is 0 Å². The van der Waals surface area contributed by atoms with E-state index >= 15 is 0 Å². The van der Waals surface area contributed by atoms with Crippen LogP contribution < -0.4 is 0 Å². The van der Waals surface area contributed by atoms with Gasteiger partial charge in [-0.05, 0) is 18.9 Å². The van der Waals surface area contributed by atoms with E-state index in [1.807, 2.05) is 0 Å². The molecule has 0 bridgehead atoms. The molecule has 12 heavy (non-hydrogen) atoms. The van der Waals surface area contributed by atoms with Gasteiger partial charge in [-0.25, -0.2) is 0 Å². The van der Waals surface area contributed by atoms with E-state index < -0.39 is 6.18 Å². The van der Waals surface area contributed by atoms with Gasteiger partial charge in [0.25, 0.3) is 0 Å². The van der Waals surface area contributed by atoms with Crippen LogP contribution in [0.1, 0.15) is 32.6 Å². The second-order valence-electron chi connectivity index (χ2n) is 2.55. The summed E-state index contributed by atoms with van der Waals surface area (Å²) < 4.78 is 34.5. The molecule has 0 spiro atoms. The van der Waals surface area contributed by atoms with Gasteiger partial charge in [-0.1, -0.05) is 19.8 Å². The summed E-state index contributed by atoms with van der Waals surface area (Å²) >= 11 is 0. The number of unbranched alkanes of at least 4 members (excludes halogenated alkanes) is 3. The average molecular weight is 178 g/mol. The smallest absolute Gasteiger partial charge is 0.166 e. The van der Waals surface area contributed by atoms with Crippen LogP contribution in [-0.4, -0.2) is 6.18 Å². The molecule has 3 heteroatoms. The van der Waals surface area contributed by atoms with Gasteiger partial charge in [-0.15, -0.1) is 5.73 Å². The lowest BCUT2D eigenvalue weighted by Crippen LogP contribution is -1.99. The van der Waals surface area contributed by atoms with E-state index in [0.29, 0.717) is 6.42 Å². The zero-order valence-corrected chi connectivity index (χ0v) is 7.12. The van der Waals surface area contributed by atoms with Crippen LogP contribution in [0.3, 0.4) is 0 Å². The highest BCUT2D eigenvalue weighted by Crippen LogP contribution is 2.14. The van der Waals surface area contributed by atoms with E-state index in [2.05, 4.69) is 12.7 Å². The van der Waals surface area contributed by atoms with Crippen molar-refractivity contribution in [3.8, 4) is 0 Å². The third-order valence-corrected chi connectivity index (χ3v) is 1.32. The van der Waals surface area contributed by atoms with Crippen molar-refractivity contribution in [3.05, 3.63) is 17.9 Å². The monoisotopic (exact) mass is 178 g/mol. The standard InChI is InChI=1S/C9H13F3/c1-2-3-4-5-6-7-8-9(10,11)12/h6,8H,2-5H2,1H3. The van der Waals surface area contributed by atoms with Crippen molar-refractivity contribution in [3.63, 3.8) is 0 Å². The lowest BCUT2D eigenvalue weighted by molar-refractivity contribution is -0.0796. The highest BCUT2D eigenvalue weighted by Gasteiger charge is 2.21. The Bertz CT molecular complexity index is 161. The highest BCUT2D eigenvalue weighted by atomic mass is 19.4. The first kappa shape index (κ1) is 11.3. The van der Waals surface area contributed by atoms with Gasteiger partial charge in [0.15, 0.2) is 0 Å². The minimum atomic E-state index is -4.22. The quantitative estimate of drug-likeness (QED) is 0.453. The van der Waals surface area contributed by atoms with Gasteiger partial charge in [-0.3, -0.25) is 0 Å². The summed E-state index contributed by atoms with van der Waals surface area (Å²) in [6, 6.07) is 0. The Morgan fingerprint density at radius 3 is 2.42 bits per heavy atom. The molecule has 0 aromatic heterocycles. The number of hydrogen-bond acceptors (Lipinski definition) is 0. The molecule has 0 rings (SSSR count). The fourth-order valence-electron chi connectivity index (χ4n) is 0.733. The highest BCUT2D eigenvalue weighted by molar-refractivity contribution is 4.89. The Labute approximate surface area is 70.8 Å². The van der Waals surface area contributed by atoms with Crippen molar-refractivity contribution in [2.24, 2.45) is 0 Å². The van der Waals surface area contributed by atoms with Gasteiger partial charge in [0.1, 0.15) is 0 Å². The second-order valence-corrected chi connectivity index (χ2v) is 2.55. The molecule has 0 atom stereocenters. The maximum atomic E-state index is 11.5. The van der Waals surface area contributed by atoms with Gasteiger partial charge in [0, 0.05) is 0 Å². The summed E-state index contributed by atoms with van der Waals surface area (Å²) in [5, 5.41) is 0. The molecule has 0 unspecified atom stereocenters. The first-order chi connectivity index (χ1) is 5.56. The molecule has 0 heterocycles. The first-order valence-corrected chi connectivity index (χ1v) is 4.05. The van der Waals surface area contributed by atoms with Crippen LogP contribution in [0, 0.1) is 0 Å². The number of halogens is 3. The number of hydrogen-bond donors (Lipinski definition) is 0. The first-order valence-electron chi connectivity index (χ1n) is 4.05. The molecule has 0 aromatic carbocycles. The molecule has 0 aliphatic rings. The summed E-state index contributed by atoms with van der Waals surface area (Å²) in [4.78, 5) is 0. The Balaban J connectivity index is 3.55.